The molecule has 4 aliphatic heterocycles. The second-order valence-corrected chi connectivity index (χ2v) is 9.85. The van der Waals surface area contributed by atoms with E-state index >= 15 is 4.39 Å². The lowest BCUT2D eigenvalue weighted by Crippen LogP contribution is -2.46. The number of rotatable bonds is 5. The van der Waals surface area contributed by atoms with Crippen LogP contribution in [0.5, 0.6) is 6.01 Å². The van der Waals surface area contributed by atoms with Gasteiger partial charge < -0.3 is 19.5 Å². The number of hydrogen-bond acceptors (Lipinski definition) is 7. The summed E-state index contributed by atoms with van der Waals surface area (Å²) >= 11 is 0. The van der Waals surface area contributed by atoms with Crippen molar-refractivity contribution in [2.24, 2.45) is 5.92 Å². The van der Waals surface area contributed by atoms with Crippen LogP contribution in [0.2, 0.25) is 0 Å². The first-order chi connectivity index (χ1) is 17.5. The molecule has 9 heteroatoms. The van der Waals surface area contributed by atoms with Gasteiger partial charge in [-0.1, -0.05) is 12.1 Å². The van der Waals surface area contributed by atoms with E-state index in [1.165, 1.54) is 20.0 Å². The van der Waals surface area contributed by atoms with Crippen molar-refractivity contribution in [3.8, 4) is 12.1 Å². The summed E-state index contributed by atoms with van der Waals surface area (Å²) in [5.74, 6) is 1.41. The Morgan fingerprint density at radius 3 is 2.75 bits per heavy atom. The summed E-state index contributed by atoms with van der Waals surface area (Å²) in [7, 11) is 1.52. The van der Waals surface area contributed by atoms with Crippen LogP contribution in [0, 0.1) is 30.0 Å². The van der Waals surface area contributed by atoms with Gasteiger partial charge in [0.05, 0.1) is 25.4 Å². The highest BCUT2D eigenvalue weighted by Gasteiger charge is 2.35. The molecular weight excluding hydrogens is 457 g/mol. The van der Waals surface area contributed by atoms with Gasteiger partial charge >= 0.3 is 6.01 Å². The molecular formula is C27H28FN7O. The highest BCUT2D eigenvalue weighted by Crippen LogP contribution is 2.39. The minimum absolute atomic E-state index is 0.224. The van der Waals surface area contributed by atoms with Crippen molar-refractivity contribution in [3.63, 3.8) is 0 Å². The molecule has 0 spiro atoms. The molecule has 0 radical (unpaired) electrons. The standard InChI is InChI=1S/C27H28FN7O/c1-16-24-26(33-27(31-16)36-2)35(25(32-24)21-9-17(11-29)12-30-13-21)14-20-4-3-19(10-23(20)28)22-15-34-7-5-18(22)6-8-34/h3-4,9-10,13,18,22,30H,5-8,12,14-15H2,1-2H3/t22-/m0/s1. The Bertz CT molecular complexity index is 1440. The Morgan fingerprint density at radius 1 is 1.22 bits per heavy atom. The van der Waals surface area contributed by atoms with Crippen LogP contribution in [0.1, 0.15) is 41.4 Å². The van der Waals surface area contributed by atoms with Crippen molar-refractivity contribution >= 4 is 16.7 Å². The van der Waals surface area contributed by atoms with Crippen LogP contribution in [0.4, 0.5) is 4.39 Å². The van der Waals surface area contributed by atoms with Crippen LogP contribution in [0.15, 0.2) is 36.0 Å². The van der Waals surface area contributed by atoms with Gasteiger partial charge in [-0.15, -0.1) is 0 Å². The third-order valence-corrected chi connectivity index (χ3v) is 7.70. The highest BCUT2D eigenvalue weighted by atomic mass is 19.1. The van der Waals surface area contributed by atoms with Crippen molar-refractivity contribution in [1.82, 2.24) is 29.7 Å². The smallest absolute Gasteiger partial charge is 0.318 e. The zero-order valence-corrected chi connectivity index (χ0v) is 20.5. The number of benzene rings is 1. The predicted octanol–water partition coefficient (Wildman–Crippen LogP) is 3.53. The molecule has 3 fully saturated rings. The lowest BCUT2D eigenvalue weighted by molar-refractivity contribution is 0.0870. The van der Waals surface area contributed by atoms with Gasteiger partial charge in [0.15, 0.2) is 5.65 Å². The number of nitriles is 1. The Morgan fingerprint density at radius 2 is 2.06 bits per heavy atom. The molecule has 184 valence electrons. The number of aryl methyl sites for hydroxylation is 1. The van der Waals surface area contributed by atoms with E-state index in [0.717, 1.165) is 30.8 Å². The van der Waals surface area contributed by atoms with E-state index < -0.39 is 0 Å². The molecule has 0 aliphatic carbocycles. The molecule has 3 aromatic rings. The zero-order chi connectivity index (χ0) is 24.8. The maximum Gasteiger partial charge on any atom is 0.318 e. The number of nitrogens with zero attached hydrogens (tertiary/aromatic N) is 6. The van der Waals surface area contributed by atoms with Gasteiger partial charge in [-0.25, -0.2) is 9.37 Å². The predicted molar refractivity (Wildman–Crippen MR) is 134 cm³/mol. The lowest BCUT2D eigenvalue weighted by atomic mass is 9.75. The van der Waals surface area contributed by atoms with Crippen LogP contribution in [-0.4, -0.2) is 57.7 Å². The molecule has 0 unspecified atom stereocenters. The molecule has 1 N–H and O–H groups in total. The van der Waals surface area contributed by atoms with Gasteiger partial charge in [0.1, 0.15) is 17.2 Å². The summed E-state index contributed by atoms with van der Waals surface area (Å²) in [6.45, 7) is 5.89. The van der Waals surface area contributed by atoms with Crippen molar-refractivity contribution in [3.05, 3.63) is 64.5 Å². The van der Waals surface area contributed by atoms with E-state index in [0.29, 0.717) is 52.2 Å². The van der Waals surface area contributed by atoms with E-state index in [1.54, 1.807) is 12.1 Å². The van der Waals surface area contributed by atoms with Gasteiger partial charge in [-0.2, -0.15) is 15.2 Å². The molecule has 3 saturated heterocycles. The highest BCUT2D eigenvalue weighted by molar-refractivity contribution is 5.82. The molecule has 0 saturated carbocycles. The summed E-state index contributed by atoms with van der Waals surface area (Å²) in [5.41, 5.74) is 4.83. The molecule has 4 aliphatic rings. The first kappa shape index (κ1) is 22.7. The molecule has 8 nitrogen and oxygen atoms in total. The molecule has 6 heterocycles. The second kappa shape index (κ2) is 9.03. The van der Waals surface area contributed by atoms with E-state index in [2.05, 4.69) is 32.3 Å². The number of methoxy groups -OCH3 is 1. The van der Waals surface area contributed by atoms with E-state index in [-0.39, 0.29) is 18.4 Å². The van der Waals surface area contributed by atoms with E-state index in [4.69, 9.17) is 9.72 Å². The zero-order valence-electron chi connectivity index (χ0n) is 20.5. The van der Waals surface area contributed by atoms with Gasteiger partial charge in [-0.3, -0.25) is 0 Å². The normalized spacial score (nSPS) is 23.1. The molecule has 1 aromatic carbocycles. The largest absolute Gasteiger partial charge is 0.467 e. The maximum atomic E-state index is 15.6. The first-order valence-corrected chi connectivity index (χ1v) is 12.4. The van der Waals surface area contributed by atoms with Crippen molar-refractivity contribution in [2.45, 2.75) is 32.2 Å². The van der Waals surface area contributed by atoms with Crippen LogP contribution in [-0.2, 0) is 6.54 Å². The van der Waals surface area contributed by atoms with Crippen LogP contribution >= 0.6 is 0 Å². The molecule has 1 atom stereocenters. The number of ether oxygens (including phenoxy) is 1. The quantitative estimate of drug-likeness (QED) is 0.591. The monoisotopic (exact) mass is 485 g/mol. The number of aromatic nitrogens is 4. The van der Waals surface area contributed by atoms with Crippen molar-refractivity contribution in [2.75, 3.05) is 33.3 Å². The molecule has 2 bridgehead atoms. The number of dihydropyridines is 1. The van der Waals surface area contributed by atoms with E-state index in [9.17, 15) is 5.26 Å². The van der Waals surface area contributed by atoms with Crippen molar-refractivity contribution in [1.29, 1.82) is 5.26 Å². The third kappa shape index (κ3) is 3.91. The fraction of sp³-hybridized carbons (Fsp3) is 0.407. The summed E-state index contributed by atoms with van der Waals surface area (Å²) < 4.78 is 22.8. The summed E-state index contributed by atoms with van der Waals surface area (Å²) in [6.07, 6.45) is 6.02. The summed E-state index contributed by atoms with van der Waals surface area (Å²) in [5, 5.41) is 12.5. The van der Waals surface area contributed by atoms with Gasteiger partial charge in [0.25, 0.3) is 0 Å². The van der Waals surface area contributed by atoms with Gasteiger partial charge in [0, 0.05) is 36.0 Å². The third-order valence-electron chi connectivity index (χ3n) is 7.70. The van der Waals surface area contributed by atoms with Crippen LogP contribution in [0.3, 0.4) is 0 Å². The minimum Gasteiger partial charge on any atom is -0.467 e. The Kier molecular flexibility index (Phi) is 5.69. The topological polar surface area (TPSA) is 91.9 Å². The molecule has 7 rings (SSSR count). The number of nitrogens with one attached hydrogen (secondary N) is 1. The first-order valence-electron chi connectivity index (χ1n) is 12.4. The number of halogens is 1. The number of allylic oxidation sites excluding steroid dienone is 2. The molecule has 36 heavy (non-hydrogen) atoms. The van der Waals surface area contributed by atoms with E-state index in [1.807, 2.05) is 23.8 Å². The Balaban J connectivity index is 1.41. The summed E-state index contributed by atoms with van der Waals surface area (Å²) in [4.78, 5) is 16.2. The lowest BCUT2D eigenvalue weighted by Gasteiger charge is -2.45. The van der Waals surface area contributed by atoms with Gasteiger partial charge in [-0.05, 0) is 62.4 Å². The van der Waals surface area contributed by atoms with Gasteiger partial charge in [0.2, 0.25) is 0 Å². The fourth-order valence-electron chi connectivity index (χ4n) is 5.76. The average molecular weight is 486 g/mol. The fourth-order valence-corrected chi connectivity index (χ4v) is 5.76. The number of imidazole rings is 1. The summed E-state index contributed by atoms with van der Waals surface area (Å²) in [6, 6.07) is 8.13. The second-order valence-electron chi connectivity index (χ2n) is 9.85. The number of hydrogen-bond donors (Lipinski definition) is 1. The minimum atomic E-state index is -0.224. The maximum absolute atomic E-state index is 15.6. The number of piperidine rings is 3. The number of fused-ring (bicyclic) bond motifs is 4. The van der Waals surface area contributed by atoms with Crippen molar-refractivity contribution < 1.29 is 9.13 Å². The molecule has 2 aromatic heterocycles. The molecule has 0 amide bonds. The van der Waals surface area contributed by atoms with Crippen LogP contribution < -0.4 is 10.1 Å². The average Bonchev–Trinajstić information content (AvgIpc) is 3.29. The Hall–Kier alpha value is -3.77. The SMILES string of the molecule is COc1nc(C)c2nc(C3=CNCC(C#N)=C3)n(Cc3ccc([C@H]4CN5CCC4CC5)cc3F)c2n1. The van der Waals surface area contributed by atoms with Crippen LogP contribution in [0.25, 0.3) is 16.7 Å². The Labute approximate surface area is 209 Å².